The number of nitrogens with zero attached hydrogens (tertiary/aromatic N) is 1. The van der Waals surface area contributed by atoms with Crippen LogP contribution in [0.2, 0.25) is 0 Å². The topological polar surface area (TPSA) is 90.8 Å². The van der Waals surface area contributed by atoms with Gasteiger partial charge < -0.3 is 14.6 Å². The number of amides is 1. The fourth-order valence-corrected chi connectivity index (χ4v) is 1.08. The van der Waals surface area contributed by atoms with Gasteiger partial charge in [0, 0.05) is 6.92 Å². The molecular weight excluding hydrogens is 236 g/mol. The van der Waals surface area contributed by atoms with E-state index in [2.05, 4.69) is 10.5 Å². The van der Waals surface area contributed by atoms with Gasteiger partial charge in [-0.15, -0.1) is 0 Å². The van der Waals surface area contributed by atoms with E-state index in [1.165, 1.54) is 20.1 Å². The van der Waals surface area contributed by atoms with Crippen molar-refractivity contribution in [1.29, 1.82) is 0 Å². The molecule has 1 N–H and O–H groups in total. The second kappa shape index (κ2) is 6.39. The van der Waals surface area contributed by atoms with Crippen LogP contribution < -0.4 is 15.3 Å². The molecule has 6 heteroatoms. The van der Waals surface area contributed by atoms with E-state index in [0.29, 0.717) is 5.75 Å². The first-order chi connectivity index (χ1) is 8.49. The van der Waals surface area contributed by atoms with Gasteiger partial charge in [0.15, 0.2) is 0 Å². The lowest BCUT2D eigenvalue weighted by Gasteiger charge is -2.15. The Balaban J connectivity index is 2.60. The van der Waals surface area contributed by atoms with Crippen LogP contribution in [0.1, 0.15) is 19.4 Å². The SMILES string of the molecule is CC(=O)N/N=C\c1ccc(O[C@H](C)C(=O)[O-])cc1. The quantitative estimate of drug-likeness (QED) is 0.571. The molecule has 0 aromatic heterocycles. The van der Waals surface area contributed by atoms with Crippen molar-refractivity contribution in [2.75, 3.05) is 0 Å². The molecule has 1 rings (SSSR count). The van der Waals surface area contributed by atoms with E-state index in [-0.39, 0.29) is 5.91 Å². The summed E-state index contributed by atoms with van der Waals surface area (Å²) in [6.07, 6.45) is 0.455. The van der Waals surface area contributed by atoms with Gasteiger partial charge in [0.1, 0.15) is 11.9 Å². The maximum Gasteiger partial charge on any atom is 0.236 e. The largest absolute Gasteiger partial charge is 0.546 e. The molecule has 0 radical (unpaired) electrons. The third kappa shape index (κ3) is 4.65. The third-order valence-electron chi connectivity index (χ3n) is 1.96. The number of hydrazone groups is 1. The molecule has 0 aliphatic heterocycles. The van der Waals surface area contributed by atoms with Crippen LogP contribution in [0.4, 0.5) is 0 Å². The van der Waals surface area contributed by atoms with Crippen LogP contribution >= 0.6 is 0 Å². The number of ether oxygens (including phenoxy) is 1. The summed E-state index contributed by atoms with van der Waals surface area (Å²) < 4.78 is 5.10. The molecule has 0 saturated carbocycles. The standard InChI is InChI=1S/C12H14N2O4/c1-8(12(16)17)18-11-5-3-10(4-6-11)7-13-14-9(2)15/h3-8H,1-2H3,(H,14,15)(H,16,17)/p-1/b13-7-/t8-/m1/s1. The van der Waals surface area contributed by atoms with Gasteiger partial charge in [-0.3, -0.25) is 4.79 Å². The highest BCUT2D eigenvalue weighted by molar-refractivity contribution is 5.81. The van der Waals surface area contributed by atoms with E-state index in [1.807, 2.05) is 0 Å². The van der Waals surface area contributed by atoms with Crippen LogP contribution in [0.3, 0.4) is 0 Å². The summed E-state index contributed by atoms with van der Waals surface area (Å²) in [5.74, 6) is -1.11. The van der Waals surface area contributed by atoms with Gasteiger partial charge in [0.2, 0.25) is 5.91 Å². The molecule has 1 aromatic rings. The summed E-state index contributed by atoms with van der Waals surface area (Å²) in [5.41, 5.74) is 3.02. The molecule has 18 heavy (non-hydrogen) atoms. The second-order valence-corrected chi connectivity index (χ2v) is 3.57. The Kier molecular flexibility index (Phi) is 4.86. The first kappa shape index (κ1) is 13.7. The molecule has 0 aliphatic rings. The molecule has 0 unspecified atom stereocenters. The number of carbonyl (C=O) groups is 2. The lowest BCUT2D eigenvalue weighted by molar-refractivity contribution is -0.312. The highest BCUT2D eigenvalue weighted by atomic mass is 16.5. The van der Waals surface area contributed by atoms with Crippen molar-refractivity contribution in [3.05, 3.63) is 29.8 Å². The summed E-state index contributed by atoms with van der Waals surface area (Å²) in [5, 5.41) is 14.2. The van der Waals surface area contributed by atoms with Gasteiger partial charge >= 0.3 is 0 Å². The van der Waals surface area contributed by atoms with Crippen molar-refractivity contribution < 1.29 is 19.4 Å². The number of carboxylic acids is 1. The zero-order valence-corrected chi connectivity index (χ0v) is 10.0. The van der Waals surface area contributed by atoms with Gasteiger partial charge in [0.25, 0.3) is 0 Å². The molecule has 0 bridgehead atoms. The molecule has 0 aliphatic carbocycles. The summed E-state index contributed by atoms with van der Waals surface area (Å²) in [6, 6.07) is 6.58. The highest BCUT2D eigenvalue weighted by Crippen LogP contribution is 2.12. The molecule has 1 amide bonds. The number of carboxylic acid groups (broad SMARTS) is 1. The molecule has 1 aromatic carbocycles. The third-order valence-corrected chi connectivity index (χ3v) is 1.96. The minimum absolute atomic E-state index is 0.256. The zero-order valence-electron chi connectivity index (χ0n) is 10.0. The minimum atomic E-state index is -1.27. The van der Waals surface area contributed by atoms with Crippen LogP contribution in [-0.2, 0) is 9.59 Å². The summed E-state index contributed by atoms with van der Waals surface area (Å²) in [6.45, 7) is 2.75. The number of hydrogen-bond acceptors (Lipinski definition) is 5. The van der Waals surface area contributed by atoms with Gasteiger partial charge in [-0.25, -0.2) is 5.43 Å². The summed E-state index contributed by atoms with van der Waals surface area (Å²) in [7, 11) is 0. The highest BCUT2D eigenvalue weighted by Gasteiger charge is 2.03. The molecule has 1 atom stereocenters. The molecular formula is C12H13N2O4-. The first-order valence-electron chi connectivity index (χ1n) is 5.26. The number of carbonyl (C=O) groups excluding carboxylic acids is 2. The van der Waals surface area contributed by atoms with E-state index < -0.39 is 12.1 Å². The predicted octanol–water partition coefficient (Wildman–Crippen LogP) is -0.326. The number of hydrogen-bond donors (Lipinski definition) is 1. The van der Waals surface area contributed by atoms with Crippen molar-refractivity contribution in [3.63, 3.8) is 0 Å². The van der Waals surface area contributed by atoms with Crippen LogP contribution in [0.15, 0.2) is 29.4 Å². The average Bonchev–Trinajstić information content (AvgIpc) is 2.30. The van der Waals surface area contributed by atoms with Crippen LogP contribution in [0.5, 0.6) is 5.75 Å². The molecule has 0 fully saturated rings. The van der Waals surface area contributed by atoms with Crippen molar-refractivity contribution in [2.45, 2.75) is 20.0 Å². The lowest BCUT2D eigenvalue weighted by Crippen LogP contribution is -2.37. The summed E-state index contributed by atoms with van der Waals surface area (Å²) in [4.78, 5) is 21.0. The number of benzene rings is 1. The van der Waals surface area contributed by atoms with Gasteiger partial charge in [-0.05, 0) is 36.8 Å². The molecule has 96 valence electrons. The first-order valence-corrected chi connectivity index (χ1v) is 5.26. The number of rotatable bonds is 5. The number of nitrogens with one attached hydrogen (secondary N) is 1. The van der Waals surface area contributed by atoms with Crippen LogP contribution in [-0.4, -0.2) is 24.2 Å². The fraction of sp³-hybridized carbons (Fsp3) is 0.250. The lowest BCUT2D eigenvalue weighted by atomic mass is 10.2. The molecule has 0 saturated heterocycles. The molecule has 0 heterocycles. The van der Waals surface area contributed by atoms with Crippen molar-refractivity contribution >= 4 is 18.1 Å². The van der Waals surface area contributed by atoms with Gasteiger partial charge in [-0.2, -0.15) is 5.10 Å². The van der Waals surface area contributed by atoms with E-state index in [0.717, 1.165) is 5.56 Å². The maximum atomic E-state index is 10.6. The Morgan fingerprint density at radius 3 is 2.50 bits per heavy atom. The van der Waals surface area contributed by atoms with E-state index in [1.54, 1.807) is 24.3 Å². The second-order valence-electron chi connectivity index (χ2n) is 3.57. The predicted molar refractivity (Wildman–Crippen MR) is 62.9 cm³/mol. The zero-order chi connectivity index (χ0) is 13.5. The van der Waals surface area contributed by atoms with E-state index in [9.17, 15) is 14.7 Å². The van der Waals surface area contributed by atoms with Crippen molar-refractivity contribution in [3.8, 4) is 5.75 Å². The van der Waals surface area contributed by atoms with E-state index in [4.69, 9.17) is 4.74 Å². The summed E-state index contributed by atoms with van der Waals surface area (Å²) >= 11 is 0. The van der Waals surface area contributed by atoms with Crippen molar-refractivity contribution in [2.24, 2.45) is 5.10 Å². The van der Waals surface area contributed by atoms with Crippen molar-refractivity contribution in [1.82, 2.24) is 5.43 Å². The Bertz CT molecular complexity index is 454. The fourth-order valence-electron chi connectivity index (χ4n) is 1.08. The Hall–Kier alpha value is -2.37. The Labute approximate surface area is 104 Å². The van der Waals surface area contributed by atoms with Gasteiger partial charge in [0.05, 0.1) is 12.2 Å². The Morgan fingerprint density at radius 1 is 1.39 bits per heavy atom. The number of aliphatic carboxylic acids is 1. The normalized spacial score (nSPS) is 12.1. The Morgan fingerprint density at radius 2 is 2.00 bits per heavy atom. The van der Waals surface area contributed by atoms with E-state index >= 15 is 0 Å². The average molecular weight is 249 g/mol. The monoisotopic (exact) mass is 249 g/mol. The van der Waals surface area contributed by atoms with Crippen LogP contribution in [0.25, 0.3) is 0 Å². The molecule has 6 nitrogen and oxygen atoms in total. The smallest absolute Gasteiger partial charge is 0.236 e. The maximum absolute atomic E-state index is 10.6. The minimum Gasteiger partial charge on any atom is -0.546 e. The van der Waals surface area contributed by atoms with Gasteiger partial charge in [-0.1, -0.05) is 0 Å². The molecule has 0 spiro atoms. The van der Waals surface area contributed by atoms with Crippen LogP contribution in [0, 0.1) is 0 Å².